The SMILES string of the molecule is CCc1ccc(NC(=O)CSc2nnc(-c3ccc(C(C)(C)C)cc3)n2C2CCCC2)cc1. The van der Waals surface area contributed by atoms with Crippen molar-refractivity contribution in [3.05, 3.63) is 59.7 Å². The van der Waals surface area contributed by atoms with Crippen LogP contribution in [0.15, 0.2) is 53.7 Å². The summed E-state index contributed by atoms with van der Waals surface area (Å²) >= 11 is 1.47. The maximum atomic E-state index is 12.6. The molecule has 0 bridgehead atoms. The van der Waals surface area contributed by atoms with Crippen LogP contribution in [0.2, 0.25) is 0 Å². The summed E-state index contributed by atoms with van der Waals surface area (Å²) in [5, 5.41) is 12.9. The van der Waals surface area contributed by atoms with Crippen LogP contribution in [0.4, 0.5) is 5.69 Å². The molecule has 1 saturated carbocycles. The molecule has 1 amide bonds. The van der Waals surface area contributed by atoms with Gasteiger partial charge in [-0.2, -0.15) is 0 Å². The Morgan fingerprint density at radius 3 is 2.30 bits per heavy atom. The van der Waals surface area contributed by atoms with Gasteiger partial charge in [-0.05, 0) is 47.9 Å². The van der Waals surface area contributed by atoms with Crippen LogP contribution in [0.25, 0.3) is 11.4 Å². The van der Waals surface area contributed by atoms with E-state index in [2.05, 4.69) is 84.2 Å². The largest absolute Gasteiger partial charge is 0.325 e. The number of nitrogens with zero attached hydrogens (tertiary/aromatic N) is 3. The second kappa shape index (κ2) is 10.1. The molecule has 1 aromatic heterocycles. The van der Waals surface area contributed by atoms with Gasteiger partial charge >= 0.3 is 0 Å². The summed E-state index contributed by atoms with van der Waals surface area (Å²) in [6, 6.07) is 17.1. The number of rotatable bonds is 7. The van der Waals surface area contributed by atoms with Gasteiger partial charge in [0.15, 0.2) is 11.0 Å². The van der Waals surface area contributed by atoms with Crippen LogP contribution in [0.5, 0.6) is 0 Å². The Bertz CT molecular complexity index is 1070. The average molecular weight is 463 g/mol. The number of aromatic nitrogens is 3. The molecule has 1 fully saturated rings. The first kappa shape index (κ1) is 23.6. The molecule has 0 atom stereocenters. The lowest BCUT2D eigenvalue weighted by molar-refractivity contribution is -0.113. The summed E-state index contributed by atoms with van der Waals surface area (Å²) in [6.07, 6.45) is 5.71. The highest BCUT2D eigenvalue weighted by molar-refractivity contribution is 7.99. The van der Waals surface area contributed by atoms with Crippen molar-refractivity contribution in [1.82, 2.24) is 14.8 Å². The lowest BCUT2D eigenvalue weighted by Gasteiger charge is -2.20. The average Bonchev–Trinajstić information content (AvgIpc) is 3.47. The van der Waals surface area contributed by atoms with Gasteiger partial charge in [0.25, 0.3) is 0 Å². The third kappa shape index (κ3) is 5.67. The summed E-state index contributed by atoms with van der Waals surface area (Å²) < 4.78 is 2.27. The first-order chi connectivity index (χ1) is 15.8. The number of hydrogen-bond donors (Lipinski definition) is 1. The van der Waals surface area contributed by atoms with E-state index in [1.54, 1.807) is 0 Å². The highest BCUT2D eigenvalue weighted by Gasteiger charge is 2.25. The Labute approximate surface area is 201 Å². The highest BCUT2D eigenvalue weighted by Crippen LogP contribution is 2.37. The van der Waals surface area contributed by atoms with Crippen molar-refractivity contribution in [2.45, 2.75) is 76.4 Å². The van der Waals surface area contributed by atoms with E-state index < -0.39 is 0 Å². The predicted octanol–water partition coefficient (Wildman–Crippen LogP) is 6.65. The van der Waals surface area contributed by atoms with Gasteiger partial charge in [-0.15, -0.1) is 10.2 Å². The predicted molar refractivity (Wildman–Crippen MR) is 137 cm³/mol. The molecule has 0 aliphatic heterocycles. The van der Waals surface area contributed by atoms with E-state index in [0.29, 0.717) is 11.8 Å². The topological polar surface area (TPSA) is 59.8 Å². The van der Waals surface area contributed by atoms with Crippen molar-refractivity contribution >= 4 is 23.4 Å². The summed E-state index contributed by atoms with van der Waals surface area (Å²) in [6.45, 7) is 8.79. The van der Waals surface area contributed by atoms with Gasteiger partial charge in [-0.3, -0.25) is 9.36 Å². The maximum absolute atomic E-state index is 12.6. The van der Waals surface area contributed by atoms with E-state index in [1.807, 2.05) is 12.1 Å². The minimum atomic E-state index is -0.0266. The Hall–Kier alpha value is -2.60. The molecule has 1 N–H and O–H groups in total. The number of thioether (sulfide) groups is 1. The fourth-order valence-corrected chi connectivity index (χ4v) is 5.14. The van der Waals surface area contributed by atoms with Gasteiger partial charge < -0.3 is 5.32 Å². The minimum absolute atomic E-state index is 0.0266. The molecule has 0 radical (unpaired) electrons. The van der Waals surface area contributed by atoms with Crippen molar-refractivity contribution in [3.8, 4) is 11.4 Å². The molecule has 33 heavy (non-hydrogen) atoms. The number of aryl methyl sites for hydroxylation is 1. The van der Waals surface area contributed by atoms with E-state index in [0.717, 1.165) is 41.5 Å². The summed E-state index contributed by atoms with van der Waals surface area (Å²) in [5.74, 6) is 1.19. The van der Waals surface area contributed by atoms with Crippen LogP contribution in [0, 0.1) is 0 Å². The highest BCUT2D eigenvalue weighted by atomic mass is 32.2. The molecular weight excluding hydrogens is 428 g/mol. The summed E-state index contributed by atoms with van der Waals surface area (Å²) in [5.41, 5.74) is 4.58. The lowest BCUT2D eigenvalue weighted by Crippen LogP contribution is -2.15. The molecule has 2 aromatic carbocycles. The molecule has 0 saturated heterocycles. The van der Waals surface area contributed by atoms with Gasteiger partial charge in [0.1, 0.15) is 0 Å². The molecule has 6 heteroatoms. The first-order valence-electron chi connectivity index (χ1n) is 11.9. The van der Waals surface area contributed by atoms with E-state index in [9.17, 15) is 4.79 Å². The molecule has 1 heterocycles. The van der Waals surface area contributed by atoms with Gasteiger partial charge in [-0.1, -0.05) is 88.7 Å². The van der Waals surface area contributed by atoms with Crippen molar-refractivity contribution in [1.29, 1.82) is 0 Å². The molecule has 3 aromatic rings. The number of amides is 1. The third-order valence-electron chi connectivity index (χ3n) is 6.34. The van der Waals surface area contributed by atoms with Crippen LogP contribution >= 0.6 is 11.8 Å². The molecule has 0 spiro atoms. The number of carbonyl (C=O) groups is 1. The normalized spacial score (nSPS) is 14.5. The van der Waals surface area contributed by atoms with Crippen LogP contribution in [-0.2, 0) is 16.6 Å². The minimum Gasteiger partial charge on any atom is -0.325 e. The van der Waals surface area contributed by atoms with E-state index >= 15 is 0 Å². The second-order valence-electron chi connectivity index (χ2n) is 9.83. The third-order valence-corrected chi connectivity index (χ3v) is 7.28. The standard InChI is InChI=1S/C27H34N4OS/c1-5-19-10-16-22(17-11-19)28-24(32)18-33-26-30-29-25(31(26)23-8-6-7-9-23)20-12-14-21(15-13-20)27(2,3)4/h10-17,23H,5-9,18H2,1-4H3,(H,28,32). The van der Waals surface area contributed by atoms with Crippen molar-refractivity contribution in [3.63, 3.8) is 0 Å². The number of nitrogens with one attached hydrogen (secondary N) is 1. The van der Waals surface area contributed by atoms with E-state index in [-0.39, 0.29) is 11.3 Å². The zero-order chi connectivity index (χ0) is 23.4. The molecule has 1 aliphatic rings. The van der Waals surface area contributed by atoms with Gasteiger partial charge in [0.2, 0.25) is 5.91 Å². The molecular formula is C27H34N4OS. The van der Waals surface area contributed by atoms with Crippen molar-refractivity contribution < 1.29 is 4.79 Å². The molecule has 1 aliphatic carbocycles. The molecule has 5 nitrogen and oxygen atoms in total. The molecule has 0 unspecified atom stereocenters. The van der Waals surface area contributed by atoms with Crippen LogP contribution in [-0.4, -0.2) is 26.4 Å². The Kier molecular flexibility index (Phi) is 7.23. The number of benzene rings is 2. The molecule has 174 valence electrons. The van der Waals surface area contributed by atoms with Crippen molar-refractivity contribution in [2.24, 2.45) is 0 Å². The first-order valence-corrected chi connectivity index (χ1v) is 12.9. The fraction of sp³-hybridized carbons (Fsp3) is 0.444. The quantitative estimate of drug-likeness (QED) is 0.399. The zero-order valence-corrected chi connectivity index (χ0v) is 20.9. The monoisotopic (exact) mass is 462 g/mol. The summed E-state index contributed by atoms with van der Waals surface area (Å²) in [4.78, 5) is 12.6. The maximum Gasteiger partial charge on any atom is 0.234 e. The Morgan fingerprint density at radius 1 is 1.03 bits per heavy atom. The summed E-state index contributed by atoms with van der Waals surface area (Å²) in [7, 11) is 0. The van der Waals surface area contributed by atoms with Gasteiger partial charge in [-0.25, -0.2) is 0 Å². The van der Waals surface area contributed by atoms with E-state index in [4.69, 9.17) is 0 Å². The zero-order valence-electron chi connectivity index (χ0n) is 20.1. The number of hydrogen-bond acceptors (Lipinski definition) is 4. The van der Waals surface area contributed by atoms with Gasteiger partial charge in [0.05, 0.1) is 5.75 Å². The van der Waals surface area contributed by atoms with Crippen molar-refractivity contribution in [2.75, 3.05) is 11.1 Å². The second-order valence-corrected chi connectivity index (χ2v) is 10.8. The van der Waals surface area contributed by atoms with Gasteiger partial charge in [0, 0.05) is 17.3 Å². The van der Waals surface area contributed by atoms with Crippen LogP contribution in [0.1, 0.15) is 70.5 Å². The number of anilines is 1. The Morgan fingerprint density at radius 2 is 1.70 bits per heavy atom. The lowest BCUT2D eigenvalue weighted by atomic mass is 9.86. The van der Waals surface area contributed by atoms with E-state index in [1.165, 1.54) is 35.7 Å². The van der Waals surface area contributed by atoms with Crippen LogP contribution in [0.3, 0.4) is 0 Å². The smallest absolute Gasteiger partial charge is 0.234 e. The fourth-order valence-electron chi connectivity index (χ4n) is 4.33. The number of carbonyl (C=O) groups excluding carboxylic acids is 1. The molecule has 4 rings (SSSR count). The van der Waals surface area contributed by atoms with Crippen LogP contribution < -0.4 is 5.32 Å². The Balaban J connectivity index is 1.51.